The molecule has 0 N–H and O–H groups in total. The third kappa shape index (κ3) is 3.86. The second-order valence-electron chi connectivity index (χ2n) is 6.58. The van der Waals surface area contributed by atoms with Crippen molar-refractivity contribution < 1.29 is 13.5 Å². The van der Waals surface area contributed by atoms with Crippen molar-refractivity contribution in [2.75, 3.05) is 0 Å². The Morgan fingerprint density at radius 1 is 1.03 bits per heavy atom. The Bertz CT molecular complexity index is 1240. The number of hydrogen-bond acceptors (Lipinski definition) is 3. The SMILES string of the molecule is Cc1ccc2c(=O)c(OCc3c(F)cccc3Cl)c(-c3ccc(Cl)cc3)oc2c1. The van der Waals surface area contributed by atoms with Crippen LogP contribution >= 0.6 is 23.2 Å². The van der Waals surface area contributed by atoms with Crippen LogP contribution in [0, 0.1) is 12.7 Å². The molecule has 0 spiro atoms. The van der Waals surface area contributed by atoms with Gasteiger partial charge in [-0.05, 0) is 61.0 Å². The molecule has 1 aromatic heterocycles. The van der Waals surface area contributed by atoms with E-state index in [9.17, 15) is 9.18 Å². The van der Waals surface area contributed by atoms with Crippen molar-refractivity contribution in [3.8, 4) is 17.1 Å². The lowest BCUT2D eigenvalue weighted by molar-refractivity contribution is 0.292. The van der Waals surface area contributed by atoms with E-state index >= 15 is 0 Å². The van der Waals surface area contributed by atoms with Gasteiger partial charge in [0, 0.05) is 16.1 Å². The summed E-state index contributed by atoms with van der Waals surface area (Å²) in [5.74, 6) is -0.272. The zero-order valence-corrected chi connectivity index (χ0v) is 16.9. The van der Waals surface area contributed by atoms with Crippen molar-refractivity contribution in [1.82, 2.24) is 0 Å². The highest BCUT2D eigenvalue weighted by molar-refractivity contribution is 6.31. The van der Waals surface area contributed by atoms with Gasteiger partial charge in [-0.15, -0.1) is 0 Å². The maximum Gasteiger partial charge on any atom is 0.235 e. The highest BCUT2D eigenvalue weighted by Crippen LogP contribution is 2.33. The van der Waals surface area contributed by atoms with Crippen molar-refractivity contribution in [3.63, 3.8) is 0 Å². The first-order valence-electron chi connectivity index (χ1n) is 8.83. The molecule has 0 aliphatic heterocycles. The Balaban J connectivity index is 1.87. The monoisotopic (exact) mass is 428 g/mol. The average molecular weight is 429 g/mol. The van der Waals surface area contributed by atoms with Gasteiger partial charge in [0.1, 0.15) is 18.0 Å². The fourth-order valence-corrected chi connectivity index (χ4v) is 3.36. The molecule has 0 atom stereocenters. The normalized spacial score (nSPS) is 11.0. The molecule has 3 nitrogen and oxygen atoms in total. The molecule has 0 radical (unpaired) electrons. The summed E-state index contributed by atoms with van der Waals surface area (Å²) < 4.78 is 25.9. The number of rotatable bonds is 4. The van der Waals surface area contributed by atoms with Gasteiger partial charge in [-0.2, -0.15) is 0 Å². The molecule has 4 aromatic rings. The van der Waals surface area contributed by atoms with Crippen LogP contribution in [0.4, 0.5) is 4.39 Å². The van der Waals surface area contributed by atoms with Gasteiger partial charge in [0.05, 0.1) is 10.4 Å². The molecular weight excluding hydrogens is 414 g/mol. The van der Waals surface area contributed by atoms with Crippen LogP contribution in [0.15, 0.2) is 69.9 Å². The number of halogens is 3. The summed E-state index contributed by atoms with van der Waals surface area (Å²) >= 11 is 12.1. The molecule has 3 aromatic carbocycles. The molecule has 0 amide bonds. The van der Waals surface area contributed by atoms with Gasteiger partial charge in [-0.3, -0.25) is 4.79 Å². The summed E-state index contributed by atoms with van der Waals surface area (Å²) in [7, 11) is 0. The number of fused-ring (bicyclic) bond motifs is 1. The summed E-state index contributed by atoms with van der Waals surface area (Å²) in [5, 5.41) is 1.15. The maximum atomic E-state index is 14.1. The molecule has 1 heterocycles. The van der Waals surface area contributed by atoms with E-state index in [0.717, 1.165) is 5.56 Å². The Morgan fingerprint density at radius 3 is 2.52 bits per heavy atom. The predicted molar refractivity (Wildman–Crippen MR) is 113 cm³/mol. The molecular formula is C23H15Cl2FO3. The van der Waals surface area contributed by atoms with Gasteiger partial charge in [0.15, 0.2) is 5.76 Å². The van der Waals surface area contributed by atoms with Crippen molar-refractivity contribution in [2.24, 2.45) is 0 Å². The van der Waals surface area contributed by atoms with Crippen LogP contribution in [-0.4, -0.2) is 0 Å². The number of aryl methyl sites for hydroxylation is 1. The van der Waals surface area contributed by atoms with Gasteiger partial charge in [-0.1, -0.05) is 35.3 Å². The predicted octanol–water partition coefficient (Wildman–Crippen LogP) is 6.79. The van der Waals surface area contributed by atoms with Crippen LogP contribution in [0.1, 0.15) is 11.1 Å². The second-order valence-corrected chi connectivity index (χ2v) is 7.43. The first-order chi connectivity index (χ1) is 13.9. The summed E-state index contributed by atoms with van der Waals surface area (Å²) in [4.78, 5) is 13.2. The van der Waals surface area contributed by atoms with Crippen LogP contribution in [-0.2, 0) is 6.61 Å². The lowest BCUT2D eigenvalue weighted by Gasteiger charge is -2.13. The number of ether oxygens (including phenoxy) is 1. The van der Waals surface area contributed by atoms with E-state index in [4.69, 9.17) is 32.4 Å². The smallest absolute Gasteiger partial charge is 0.235 e. The quantitative estimate of drug-likeness (QED) is 0.359. The zero-order valence-electron chi connectivity index (χ0n) is 15.3. The molecule has 146 valence electrons. The minimum Gasteiger partial charge on any atom is -0.481 e. The zero-order chi connectivity index (χ0) is 20.5. The molecule has 0 fully saturated rings. The van der Waals surface area contributed by atoms with Gasteiger partial charge >= 0.3 is 0 Å². The first kappa shape index (κ1) is 19.5. The third-order valence-corrected chi connectivity index (χ3v) is 5.14. The summed E-state index contributed by atoms with van der Waals surface area (Å²) in [5.41, 5.74) is 1.83. The first-order valence-corrected chi connectivity index (χ1v) is 9.59. The topological polar surface area (TPSA) is 39.4 Å². The molecule has 0 aliphatic carbocycles. The van der Waals surface area contributed by atoms with Crippen molar-refractivity contribution in [1.29, 1.82) is 0 Å². The molecule has 0 saturated carbocycles. The van der Waals surface area contributed by atoms with E-state index in [0.29, 0.717) is 21.6 Å². The van der Waals surface area contributed by atoms with Crippen LogP contribution < -0.4 is 10.2 Å². The van der Waals surface area contributed by atoms with E-state index in [2.05, 4.69) is 0 Å². The van der Waals surface area contributed by atoms with Crippen molar-refractivity contribution in [2.45, 2.75) is 13.5 Å². The standard InChI is InChI=1S/C23H15Cl2FO3/c1-13-5-10-16-20(11-13)29-22(14-6-8-15(24)9-7-14)23(21(16)27)28-12-17-18(25)3-2-4-19(17)26/h2-11H,12H2,1H3. The fraction of sp³-hybridized carbons (Fsp3) is 0.0870. The van der Waals surface area contributed by atoms with Crippen LogP contribution in [0.3, 0.4) is 0 Å². The van der Waals surface area contributed by atoms with E-state index in [-0.39, 0.29) is 34.1 Å². The fourth-order valence-electron chi connectivity index (χ4n) is 3.02. The summed E-state index contributed by atoms with van der Waals surface area (Å²) in [6.45, 7) is 1.69. The minimum atomic E-state index is -0.508. The molecule has 0 bridgehead atoms. The third-order valence-electron chi connectivity index (χ3n) is 4.54. The van der Waals surface area contributed by atoms with Crippen molar-refractivity contribution in [3.05, 3.63) is 97.9 Å². The molecule has 29 heavy (non-hydrogen) atoms. The highest BCUT2D eigenvalue weighted by atomic mass is 35.5. The number of benzene rings is 3. The Kier molecular flexibility index (Phi) is 5.31. The average Bonchev–Trinajstić information content (AvgIpc) is 2.69. The second kappa shape index (κ2) is 7.90. The Morgan fingerprint density at radius 2 is 1.79 bits per heavy atom. The van der Waals surface area contributed by atoms with Crippen LogP contribution in [0.25, 0.3) is 22.3 Å². The van der Waals surface area contributed by atoms with E-state index in [1.165, 1.54) is 12.1 Å². The van der Waals surface area contributed by atoms with Gasteiger partial charge in [0.2, 0.25) is 11.2 Å². The molecule has 0 unspecified atom stereocenters. The van der Waals surface area contributed by atoms with E-state index < -0.39 is 5.82 Å². The maximum absolute atomic E-state index is 14.1. The van der Waals surface area contributed by atoms with Crippen LogP contribution in [0.2, 0.25) is 10.0 Å². The summed E-state index contributed by atoms with van der Waals surface area (Å²) in [6, 6.07) is 16.5. The highest BCUT2D eigenvalue weighted by Gasteiger charge is 2.19. The van der Waals surface area contributed by atoms with Gasteiger partial charge in [0.25, 0.3) is 0 Å². The van der Waals surface area contributed by atoms with Crippen molar-refractivity contribution >= 4 is 34.2 Å². The Labute approximate surface area is 176 Å². The molecule has 0 saturated heterocycles. The molecule has 4 rings (SSSR count). The lowest BCUT2D eigenvalue weighted by Crippen LogP contribution is -2.11. The van der Waals surface area contributed by atoms with Gasteiger partial charge in [-0.25, -0.2) is 4.39 Å². The molecule has 0 aliphatic rings. The van der Waals surface area contributed by atoms with Gasteiger partial charge < -0.3 is 9.15 Å². The molecule has 6 heteroatoms. The van der Waals surface area contributed by atoms with E-state index in [1.54, 1.807) is 42.5 Å². The Hall–Kier alpha value is -2.82. The lowest BCUT2D eigenvalue weighted by atomic mass is 10.1. The minimum absolute atomic E-state index is 0.0111. The van der Waals surface area contributed by atoms with E-state index in [1.807, 2.05) is 13.0 Å². The summed E-state index contributed by atoms with van der Waals surface area (Å²) in [6.07, 6.45) is 0. The number of hydrogen-bond donors (Lipinski definition) is 0. The largest absolute Gasteiger partial charge is 0.481 e. The van der Waals surface area contributed by atoms with Crippen LogP contribution in [0.5, 0.6) is 5.75 Å².